The first-order chi connectivity index (χ1) is 12.5. The average molecular weight is 405 g/mol. The third-order valence-corrected chi connectivity index (χ3v) is 5.01. The number of benzene rings is 2. The standard InChI is InChI=1S/C18H14Cl2N4OS/c1-11-6-8-12(9-7-11)22-23-17-16(13-4-2-3-5-14(13)20)24(15(25)10-19)18(21)26-17/h2-9,21H,10H2,1H3. The Morgan fingerprint density at radius 3 is 2.50 bits per heavy atom. The minimum absolute atomic E-state index is 0.0171. The predicted molar refractivity (Wildman–Crippen MR) is 105 cm³/mol. The van der Waals surface area contributed by atoms with Crippen LogP contribution in [-0.2, 0) is 0 Å². The fourth-order valence-electron chi connectivity index (χ4n) is 2.35. The molecule has 0 saturated heterocycles. The number of halogens is 2. The van der Waals surface area contributed by atoms with E-state index in [2.05, 4.69) is 10.2 Å². The number of carbonyl (C=O) groups excluding carboxylic acids is 1. The van der Waals surface area contributed by atoms with Gasteiger partial charge < -0.3 is 0 Å². The number of alkyl halides is 1. The average Bonchev–Trinajstić information content (AvgIpc) is 2.97. The lowest BCUT2D eigenvalue weighted by molar-refractivity contribution is 0.0938. The summed E-state index contributed by atoms with van der Waals surface area (Å²) < 4.78 is 1.22. The maximum absolute atomic E-state index is 12.3. The van der Waals surface area contributed by atoms with Crippen LogP contribution in [-0.4, -0.2) is 16.4 Å². The van der Waals surface area contributed by atoms with Crippen molar-refractivity contribution in [1.82, 2.24) is 4.57 Å². The molecule has 0 unspecified atom stereocenters. The Hall–Kier alpha value is -2.28. The van der Waals surface area contributed by atoms with Gasteiger partial charge in [0.05, 0.1) is 16.4 Å². The highest BCUT2D eigenvalue weighted by Crippen LogP contribution is 2.37. The van der Waals surface area contributed by atoms with Crippen LogP contribution in [0.5, 0.6) is 0 Å². The fourth-order valence-corrected chi connectivity index (χ4v) is 3.54. The third-order valence-electron chi connectivity index (χ3n) is 3.61. The number of aryl methyl sites for hydroxylation is 1. The molecular formula is C18H14Cl2N4OS. The monoisotopic (exact) mass is 404 g/mol. The Bertz CT molecular complexity index is 1040. The quantitative estimate of drug-likeness (QED) is 0.423. The molecule has 0 bridgehead atoms. The van der Waals surface area contributed by atoms with Gasteiger partial charge in [-0.1, -0.05) is 58.8 Å². The van der Waals surface area contributed by atoms with Crippen molar-refractivity contribution in [2.45, 2.75) is 6.92 Å². The normalized spacial score (nSPS) is 11.2. The summed E-state index contributed by atoms with van der Waals surface area (Å²) in [5, 5.41) is 17.5. The second-order valence-corrected chi connectivity index (χ2v) is 7.09. The SMILES string of the molecule is Cc1ccc(N=Nc2sc(=N)n(C(=O)CCl)c2-c2ccccc2Cl)cc1. The maximum Gasteiger partial charge on any atom is 0.248 e. The number of carbonyl (C=O) groups is 1. The lowest BCUT2D eigenvalue weighted by Crippen LogP contribution is -2.23. The van der Waals surface area contributed by atoms with E-state index in [0.717, 1.165) is 16.9 Å². The van der Waals surface area contributed by atoms with Gasteiger partial charge in [-0.2, -0.15) is 0 Å². The summed E-state index contributed by atoms with van der Waals surface area (Å²) in [6.45, 7) is 1.99. The lowest BCUT2D eigenvalue weighted by atomic mass is 10.1. The highest BCUT2D eigenvalue weighted by Gasteiger charge is 2.21. The third kappa shape index (κ3) is 3.77. The molecule has 26 heavy (non-hydrogen) atoms. The van der Waals surface area contributed by atoms with E-state index in [9.17, 15) is 4.79 Å². The van der Waals surface area contributed by atoms with Gasteiger partial charge in [0.15, 0.2) is 9.80 Å². The first-order valence-electron chi connectivity index (χ1n) is 7.64. The predicted octanol–water partition coefficient (Wildman–Crippen LogP) is 5.95. The number of thiazole rings is 1. The summed E-state index contributed by atoms with van der Waals surface area (Å²) in [6.07, 6.45) is 0. The topological polar surface area (TPSA) is 70.6 Å². The molecule has 132 valence electrons. The fraction of sp³-hybridized carbons (Fsp3) is 0.111. The number of rotatable bonds is 4. The molecule has 0 atom stereocenters. The molecule has 0 aliphatic carbocycles. The van der Waals surface area contributed by atoms with Crippen LogP contribution in [0, 0.1) is 12.3 Å². The first kappa shape index (κ1) is 18.5. The molecule has 3 aromatic rings. The summed E-state index contributed by atoms with van der Waals surface area (Å²) in [4.78, 5) is 12.3. The van der Waals surface area contributed by atoms with Crippen molar-refractivity contribution in [1.29, 1.82) is 5.41 Å². The zero-order valence-electron chi connectivity index (χ0n) is 13.7. The van der Waals surface area contributed by atoms with Crippen molar-refractivity contribution < 1.29 is 4.79 Å². The maximum atomic E-state index is 12.3. The minimum atomic E-state index is -0.417. The highest BCUT2D eigenvalue weighted by molar-refractivity contribution is 7.13. The number of hydrogen-bond acceptors (Lipinski definition) is 5. The number of nitrogens with zero attached hydrogens (tertiary/aromatic N) is 3. The minimum Gasteiger partial charge on any atom is -0.275 e. The van der Waals surface area contributed by atoms with Gasteiger partial charge in [-0.15, -0.1) is 21.8 Å². The summed E-state index contributed by atoms with van der Waals surface area (Å²) in [6, 6.07) is 14.7. The van der Waals surface area contributed by atoms with Crippen LogP contribution in [0.15, 0.2) is 58.8 Å². The van der Waals surface area contributed by atoms with E-state index in [-0.39, 0.29) is 10.7 Å². The molecule has 0 radical (unpaired) electrons. The zero-order chi connectivity index (χ0) is 18.7. The van der Waals surface area contributed by atoms with Gasteiger partial charge in [-0.25, -0.2) is 0 Å². The second-order valence-electron chi connectivity index (χ2n) is 5.44. The molecule has 0 saturated carbocycles. The molecule has 0 spiro atoms. The van der Waals surface area contributed by atoms with Crippen LogP contribution >= 0.6 is 34.5 Å². The molecule has 0 fully saturated rings. The van der Waals surface area contributed by atoms with Crippen LogP contribution in [0.3, 0.4) is 0 Å². The Kier molecular flexibility index (Phi) is 5.66. The van der Waals surface area contributed by atoms with Crippen molar-refractivity contribution in [3.8, 4) is 11.3 Å². The molecule has 8 heteroatoms. The van der Waals surface area contributed by atoms with E-state index in [1.165, 1.54) is 4.57 Å². The molecule has 0 aliphatic rings. The second kappa shape index (κ2) is 7.95. The van der Waals surface area contributed by atoms with Crippen molar-refractivity contribution in [2.24, 2.45) is 10.2 Å². The van der Waals surface area contributed by atoms with Crippen molar-refractivity contribution in [3.05, 3.63) is 63.9 Å². The van der Waals surface area contributed by atoms with Gasteiger partial charge in [-0.3, -0.25) is 14.8 Å². The van der Waals surface area contributed by atoms with Gasteiger partial charge in [0.1, 0.15) is 5.88 Å². The van der Waals surface area contributed by atoms with Crippen LogP contribution in [0.2, 0.25) is 5.02 Å². The first-order valence-corrected chi connectivity index (χ1v) is 9.37. The van der Waals surface area contributed by atoms with Crippen LogP contribution in [0.25, 0.3) is 11.3 Å². The Morgan fingerprint density at radius 1 is 1.15 bits per heavy atom. The molecular weight excluding hydrogens is 391 g/mol. The van der Waals surface area contributed by atoms with Crippen molar-refractivity contribution >= 4 is 51.1 Å². The molecule has 0 amide bonds. The Balaban J connectivity index is 2.16. The highest BCUT2D eigenvalue weighted by atomic mass is 35.5. The van der Waals surface area contributed by atoms with Gasteiger partial charge in [0.25, 0.3) is 0 Å². The van der Waals surface area contributed by atoms with E-state index in [0.29, 0.717) is 27.0 Å². The number of aromatic nitrogens is 1. The van der Waals surface area contributed by atoms with Gasteiger partial charge >= 0.3 is 0 Å². The Labute approximate surface area is 164 Å². The Morgan fingerprint density at radius 2 is 1.85 bits per heavy atom. The van der Waals surface area contributed by atoms with E-state index < -0.39 is 5.91 Å². The molecule has 1 heterocycles. The summed E-state index contributed by atoms with van der Waals surface area (Å²) in [5.74, 6) is -0.668. The van der Waals surface area contributed by atoms with E-state index in [1.807, 2.05) is 31.2 Å². The molecule has 1 N–H and O–H groups in total. The van der Waals surface area contributed by atoms with Crippen molar-refractivity contribution in [3.63, 3.8) is 0 Å². The van der Waals surface area contributed by atoms with Crippen LogP contribution in [0.4, 0.5) is 10.7 Å². The van der Waals surface area contributed by atoms with Gasteiger partial charge in [0.2, 0.25) is 5.91 Å². The van der Waals surface area contributed by atoms with Gasteiger partial charge in [-0.05, 0) is 25.1 Å². The summed E-state index contributed by atoms with van der Waals surface area (Å²) in [7, 11) is 0. The van der Waals surface area contributed by atoms with E-state index >= 15 is 0 Å². The zero-order valence-corrected chi connectivity index (χ0v) is 16.1. The number of hydrogen-bond donors (Lipinski definition) is 1. The molecule has 3 rings (SSSR count). The van der Waals surface area contributed by atoms with Crippen LogP contribution < -0.4 is 4.80 Å². The van der Waals surface area contributed by atoms with Gasteiger partial charge in [0, 0.05) is 5.56 Å². The number of azo groups is 1. The molecule has 2 aromatic carbocycles. The van der Waals surface area contributed by atoms with E-state index in [1.54, 1.807) is 24.3 Å². The number of nitrogens with one attached hydrogen (secondary N) is 1. The summed E-state index contributed by atoms with van der Waals surface area (Å²) >= 11 is 13.1. The van der Waals surface area contributed by atoms with E-state index in [4.69, 9.17) is 28.6 Å². The smallest absolute Gasteiger partial charge is 0.248 e. The largest absolute Gasteiger partial charge is 0.275 e. The molecule has 5 nitrogen and oxygen atoms in total. The summed E-state index contributed by atoms with van der Waals surface area (Å²) in [5.41, 5.74) is 2.82. The molecule has 0 aliphatic heterocycles. The molecule has 1 aromatic heterocycles. The van der Waals surface area contributed by atoms with Crippen LogP contribution in [0.1, 0.15) is 10.4 Å². The lowest BCUT2D eigenvalue weighted by Gasteiger charge is -2.08. The van der Waals surface area contributed by atoms with Crippen molar-refractivity contribution in [2.75, 3.05) is 5.88 Å².